The van der Waals surface area contributed by atoms with Crippen molar-refractivity contribution in [3.05, 3.63) is 16.1 Å². The normalized spacial score (nSPS) is 12.2. The number of nitrogens with one attached hydrogen (secondary N) is 2. The molecule has 1 heterocycles. The number of carbonyl (C=O) groups is 1. The molecule has 21 heavy (non-hydrogen) atoms. The Hall–Kier alpha value is -1.84. The zero-order valence-electron chi connectivity index (χ0n) is 11.8. The van der Waals surface area contributed by atoms with Gasteiger partial charge in [-0.15, -0.1) is 11.3 Å². The minimum Gasteiger partial charge on any atom is -0.350 e. The summed E-state index contributed by atoms with van der Waals surface area (Å²) in [6.45, 7) is 0.134. The summed E-state index contributed by atoms with van der Waals surface area (Å²) in [4.78, 5) is 20.2. The van der Waals surface area contributed by atoms with Gasteiger partial charge in [0.25, 0.3) is 0 Å². The highest BCUT2D eigenvalue weighted by molar-refractivity contribution is 7.09. The van der Waals surface area contributed by atoms with E-state index in [2.05, 4.69) is 20.6 Å². The molecule has 0 aliphatic carbocycles. The van der Waals surface area contributed by atoms with Gasteiger partial charge in [-0.25, -0.2) is 4.98 Å². The molecule has 0 saturated carbocycles. The van der Waals surface area contributed by atoms with Gasteiger partial charge in [-0.3, -0.25) is 9.79 Å². The molecule has 2 N–H and O–H groups in total. The van der Waals surface area contributed by atoms with Crippen LogP contribution in [0.1, 0.15) is 10.7 Å². The lowest BCUT2D eigenvalue weighted by molar-refractivity contribution is -0.140. The molecular weight excluding hydrogens is 307 g/mol. The van der Waals surface area contributed by atoms with E-state index in [0.717, 1.165) is 16.7 Å². The van der Waals surface area contributed by atoms with Gasteiger partial charge in [-0.1, -0.05) is 0 Å². The molecule has 0 atom stereocenters. The molecule has 0 bridgehead atoms. The smallest absolute Gasteiger partial charge is 0.350 e. The van der Waals surface area contributed by atoms with Crippen molar-refractivity contribution < 1.29 is 18.0 Å². The number of halogens is 3. The number of carbonyl (C=O) groups excluding carboxylic acids is 1. The summed E-state index contributed by atoms with van der Waals surface area (Å²) < 4.78 is 37.2. The zero-order chi connectivity index (χ0) is 16.0. The van der Waals surface area contributed by atoms with Crippen molar-refractivity contribution in [2.75, 3.05) is 27.7 Å². The summed E-state index contributed by atoms with van der Waals surface area (Å²) in [6, 6.07) is 0. The molecule has 0 radical (unpaired) electrons. The molecule has 0 aliphatic heterocycles. The number of alkyl halides is 3. The van der Waals surface area contributed by atoms with Crippen LogP contribution < -0.4 is 10.6 Å². The zero-order valence-corrected chi connectivity index (χ0v) is 12.6. The van der Waals surface area contributed by atoms with Crippen molar-refractivity contribution in [2.45, 2.75) is 12.7 Å². The van der Waals surface area contributed by atoms with Crippen molar-refractivity contribution in [3.8, 4) is 0 Å². The van der Waals surface area contributed by atoms with E-state index in [1.807, 2.05) is 0 Å². The Morgan fingerprint density at radius 1 is 1.43 bits per heavy atom. The third kappa shape index (κ3) is 5.58. The van der Waals surface area contributed by atoms with E-state index in [9.17, 15) is 18.0 Å². The average Bonchev–Trinajstić information content (AvgIpc) is 2.87. The Balaban J connectivity index is 2.49. The summed E-state index contributed by atoms with van der Waals surface area (Å²) in [5, 5.41) is 6.80. The van der Waals surface area contributed by atoms with Crippen LogP contribution >= 0.6 is 11.3 Å². The predicted molar refractivity (Wildman–Crippen MR) is 74.0 cm³/mol. The molecule has 1 amide bonds. The molecule has 1 rings (SSSR count). The first kappa shape index (κ1) is 17.2. The first-order chi connectivity index (χ1) is 9.74. The van der Waals surface area contributed by atoms with E-state index in [1.165, 1.54) is 11.9 Å². The first-order valence-corrected chi connectivity index (χ1v) is 6.78. The van der Waals surface area contributed by atoms with Crippen LogP contribution in [0.15, 0.2) is 10.4 Å². The Kier molecular flexibility index (Phi) is 5.94. The molecule has 0 fully saturated rings. The van der Waals surface area contributed by atoms with Crippen LogP contribution in [-0.2, 0) is 17.5 Å². The summed E-state index contributed by atoms with van der Waals surface area (Å²) in [6.07, 6.45) is -4.44. The van der Waals surface area contributed by atoms with Crippen LogP contribution in [0, 0.1) is 0 Å². The van der Waals surface area contributed by atoms with Crippen molar-refractivity contribution in [2.24, 2.45) is 4.99 Å². The van der Waals surface area contributed by atoms with Gasteiger partial charge >= 0.3 is 6.18 Å². The van der Waals surface area contributed by atoms with Gasteiger partial charge in [0.05, 0.1) is 13.1 Å². The maximum absolute atomic E-state index is 12.4. The van der Waals surface area contributed by atoms with E-state index in [0.29, 0.717) is 5.96 Å². The minimum absolute atomic E-state index is 0.0400. The number of hydrogen-bond donors (Lipinski definition) is 2. The molecule has 10 heteroatoms. The molecule has 0 aliphatic rings. The van der Waals surface area contributed by atoms with Crippen LogP contribution in [0.3, 0.4) is 0 Å². The van der Waals surface area contributed by atoms with E-state index in [-0.39, 0.29) is 24.0 Å². The molecule has 118 valence electrons. The molecule has 0 aromatic carbocycles. The summed E-state index contributed by atoms with van der Waals surface area (Å²) in [5.41, 5.74) is -0.907. The number of guanidine groups is 1. The summed E-state index contributed by atoms with van der Waals surface area (Å²) >= 11 is 0.907. The highest BCUT2D eigenvalue weighted by Gasteiger charge is 2.33. The Morgan fingerprint density at radius 3 is 2.57 bits per heavy atom. The van der Waals surface area contributed by atoms with Gasteiger partial charge < -0.3 is 15.5 Å². The third-order valence-corrected chi connectivity index (χ3v) is 3.23. The largest absolute Gasteiger partial charge is 0.434 e. The summed E-state index contributed by atoms with van der Waals surface area (Å²) in [5.74, 6) is 0.167. The van der Waals surface area contributed by atoms with Crippen LogP contribution in [-0.4, -0.2) is 49.4 Å². The molecular formula is C11H16F3N5OS. The number of aliphatic imine (C=N–C) groups is 1. The molecule has 1 aromatic heterocycles. The van der Waals surface area contributed by atoms with Crippen molar-refractivity contribution in [1.29, 1.82) is 0 Å². The first-order valence-electron chi connectivity index (χ1n) is 5.90. The van der Waals surface area contributed by atoms with Gasteiger partial charge in [-0.05, 0) is 0 Å². The van der Waals surface area contributed by atoms with E-state index in [4.69, 9.17) is 0 Å². The standard InChI is InChI=1S/C11H16F3N5OS/c1-15-10(17-5-9(20)19(2)3)16-4-8-18-7(6-21-8)11(12,13)14/h6H,4-5H2,1-3H3,(H2,15,16,17). The van der Waals surface area contributed by atoms with E-state index in [1.54, 1.807) is 14.1 Å². The van der Waals surface area contributed by atoms with Crippen LogP contribution in [0.4, 0.5) is 13.2 Å². The second kappa shape index (κ2) is 7.25. The molecule has 0 spiro atoms. The number of nitrogens with zero attached hydrogens (tertiary/aromatic N) is 3. The molecule has 0 unspecified atom stereocenters. The van der Waals surface area contributed by atoms with Gasteiger partial charge in [-0.2, -0.15) is 13.2 Å². The van der Waals surface area contributed by atoms with Gasteiger partial charge in [0, 0.05) is 26.5 Å². The van der Waals surface area contributed by atoms with Crippen LogP contribution in [0.25, 0.3) is 0 Å². The van der Waals surface area contributed by atoms with Crippen molar-refractivity contribution in [3.63, 3.8) is 0 Å². The number of likely N-dealkylation sites (N-methyl/N-ethyl adjacent to an activating group) is 1. The quantitative estimate of drug-likeness (QED) is 0.638. The van der Waals surface area contributed by atoms with E-state index >= 15 is 0 Å². The molecule has 1 aromatic rings. The van der Waals surface area contributed by atoms with Gasteiger partial charge in [0.2, 0.25) is 5.91 Å². The van der Waals surface area contributed by atoms with E-state index < -0.39 is 11.9 Å². The highest BCUT2D eigenvalue weighted by Crippen LogP contribution is 2.29. The monoisotopic (exact) mass is 323 g/mol. The van der Waals surface area contributed by atoms with Gasteiger partial charge in [0.15, 0.2) is 11.7 Å². The minimum atomic E-state index is -4.44. The second-order valence-corrected chi connectivity index (χ2v) is 5.13. The SMILES string of the molecule is CN=C(NCC(=O)N(C)C)NCc1nc(C(F)(F)F)cs1. The van der Waals surface area contributed by atoms with Crippen LogP contribution in [0.2, 0.25) is 0 Å². The van der Waals surface area contributed by atoms with Crippen LogP contribution in [0.5, 0.6) is 0 Å². The highest BCUT2D eigenvalue weighted by atomic mass is 32.1. The van der Waals surface area contributed by atoms with Crippen molar-refractivity contribution in [1.82, 2.24) is 20.5 Å². The predicted octanol–water partition coefficient (Wildman–Crippen LogP) is 0.915. The lowest BCUT2D eigenvalue weighted by Crippen LogP contribution is -2.42. The Bertz CT molecular complexity index is 512. The topological polar surface area (TPSA) is 69.6 Å². The molecule has 6 nitrogen and oxygen atoms in total. The Labute approximate surface area is 124 Å². The maximum atomic E-state index is 12.4. The Morgan fingerprint density at radius 2 is 2.10 bits per heavy atom. The number of rotatable bonds is 4. The fourth-order valence-electron chi connectivity index (χ4n) is 1.22. The second-order valence-electron chi connectivity index (χ2n) is 4.19. The number of hydrogen-bond acceptors (Lipinski definition) is 4. The lowest BCUT2D eigenvalue weighted by Gasteiger charge is -2.13. The van der Waals surface area contributed by atoms with Crippen molar-refractivity contribution >= 4 is 23.2 Å². The fourth-order valence-corrected chi connectivity index (χ4v) is 1.96. The summed E-state index contributed by atoms with van der Waals surface area (Å²) in [7, 11) is 4.74. The number of amides is 1. The fraction of sp³-hybridized carbons (Fsp3) is 0.545. The molecule has 0 saturated heterocycles. The maximum Gasteiger partial charge on any atom is 0.434 e. The third-order valence-electron chi connectivity index (χ3n) is 2.38. The lowest BCUT2D eigenvalue weighted by atomic mass is 10.5. The number of thiazole rings is 1. The number of aromatic nitrogens is 1. The van der Waals surface area contributed by atoms with Gasteiger partial charge in [0.1, 0.15) is 5.01 Å². The average molecular weight is 323 g/mol.